The van der Waals surface area contributed by atoms with E-state index in [4.69, 9.17) is 4.42 Å². The summed E-state index contributed by atoms with van der Waals surface area (Å²) in [6, 6.07) is 6.70. The number of carbonyl (C=O) groups excluding carboxylic acids is 1. The number of quaternary nitrogens is 1. The second-order valence-electron chi connectivity index (χ2n) is 6.30. The minimum absolute atomic E-state index is 0.0401. The predicted octanol–water partition coefficient (Wildman–Crippen LogP) is 0.287. The lowest BCUT2D eigenvalue weighted by Gasteiger charge is -2.40. The number of fused-ring (bicyclic) bond motifs is 4. The zero-order valence-electron chi connectivity index (χ0n) is 12.2. The van der Waals surface area contributed by atoms with Crippen molar-refractivity contribution < 1.29 is 19.2 Å². The molecule has 2 aromatic rings. The van der Waals surface area contributed by atoms with Crippen LogP contribution in [0.5, 0.6) is 5.75 Å². The number of hydrogen-bond donors (Lipinski definition) is 2. The number of hydrogen-bond acceptors (Lipinski definition) is 4. The lowest BCUT2D eigenvalue weighted by atomic mass is 9.80. The fourth-order valence-electron chi connectivity index (χ4n) is 3.91. The van der Waals surface area contributed by atoms with Gasteiger partial charge in [-0.25, -0.2) is 4.79 Å². The molecule has 4 heterocycles. The van der Waals surface area contributed by atoms with Gasteiger partial charge in [-0.2, -0.15) is 0 Å². The highest BCUT2D eigenvalue weighted by atomic mass is 16.4. The van der Waals surface area contributed by atoms with Gasteiger partial charge in [0.1, 0.15) is 11.3 Å². The first-order chi connectivity index (χ1) is 10.6. The van der Waals surface area contributed by atoms with Gasteiger partial charge in [0.2, 0.25) is 0 Å². The number of piperidine rings is 3. The van der Waals surface area contributed by atoms with Gasteiger partial charge in [-0.05, 0) is 12.1 Å². The maximum atomic E-state index is 12.4. The summed E-state index contributed by atoms with van der Waals surface area (Å²) in [5, 5.41) is 11.0. The Morgan fingerprint density at radius 1 is 1.18 bits per heavy atom. The van der Waals surface area contributed by atoms with E-state index in [0.29, 0.717) is 11.0 Å². The lowest BCUT2D eigenvalue weighted by Crippen LogP contribution is -3.20. The van der Waals surface area contributed by atoms with Crippen molar-refractivity contribution in [2.45, 2.75) is 25.3 Å². The number of benzene rings is 1. The first-order valence-electron chi connectivity index (χ1n) is 7.77. The topological polar surface area (TPSA) is 72.0 Å². The first kappa shape index (κ1) is 13.5. The zero-order valence-corrected chi connectivity index (χ0v) is 12.2. The van der Waals surface area contributed by atoms with Crippen LogP contribution >= 0.6 is 0 Å². The van der Waals surface area contributed by atoms with Crippen LogP contribution in [0.4, 0.5) is 0 Å². The van der Waals surface area contributed by atoms with Gasteiger partial charge in [-0.15, -0.1) is 0 Å². The van der Waals surface area contributed by atoms with Crippen molar-refractivity contribution in [3.05, 3.63) is 40.2 Å². The van der Waals surface area contributed by atoms with Crippen LogP contribution in [-0.2, 0) is 11.2 Å². The van der Waals surface area contributed by atoms with Crippen molar-refractivity contribution in [1.29, 1.82) is 0 Å². The van der Waals surface area contributed by atoms with Crippen LogP contribution in [-0.4, -0.2) is 30.0 Å². The number of carbonyl (C=O) groups is 1. The number of nitrogens with one attached hydrogen (secondary N) is 1. The molecule has 0 amide bonds. The molecule has 0 saturated carbocycles. The Hall–Kier alpha value is -2.14. The van der Waals surface area contributed by atoms with Crippen molar-refractivity contribution in [3.8, 4) is 5.75 Å². The molecule has 0 unspecified atom stereocenters. The molecule has 22 heavy (non-hydrogen) atoms. The molecule has 1 aromatic heterocycles. The van der Waals surface area contributed by atoms with Crippen LogP contribution in [0, 0.1) is 5.92 Å². The van der Waals surface area contributed by atoms with Crippen molar-refractivity contribution >= 4 is 16.8 Å². The van der Waals surface area contributed by atoms with Crippen molar-refractivity contribution in [1.82, 2.24) is 0 Å². The van der Waals surface area contributed by atoms with E-state index in [0.717, 1.165) is 25.9 Å². The largest absolute Gasteiger partial charge is 0.507 e. The Bertz CT molecular complexity index is 802. The average molecular weight is 300 g/mol. The highest BCUT2D eigenvalue weighted by Crippen LogP contribution is 2.28. The number of para-hydroxylation sites is 1. The fourth-order valence-corrected chi connectivity index (χ4v) is 3.91. The highest BCUT2D eigenvalue weighted by molar-refractivity contribution is 5.87. The van der Waals surface area contributed by atoms with Gasteiger partial charge in [0.15, 0.2) is 11.8 Å². The van der Waals surface area contributed by atoms with Crippen molar-refractivity contribution in [3.63, 3.8) is 0 Å². The van der Waals surface area contributed by atoms with Crippen LogP contribution in [0.15, 0.2) is 33.5 Å². The molecule has 0 spiro atoms. The second-order valence-corrected chi connectivity index (χ2v) is 6.30. The van der Waals surface area contributed by atoms with Crippen LogP contribution in [0.3, 0.4) is 0 Å². The minimum Gasteiger partial charge on any atom is -0.507 e. The summed E-state index contributed by atoms with van der Waals surface area (Å²) in [6.07, 6.45) is 2.16. The maximum Gasteiger partial charge on any atom is 0.343 e. The molecule has 3 aliphatic heterocycles. The van der Waals surface area contributed by atoms with E-state index in [9.17, 15) is 14.7 Å². The highest BCUT2D eigenvalue weighted by Gasteiger charge is 2.45. The Kier molecular flexibility index (Phi) is 3.04. The van der Waals surface area contributed by atoms with Gasteiger partial charge in [-0.3, -0.25) is 4.79 Å². The summed E-state index contributed by atoms with van der Waals surface area (Å²) >= 11 is 0. The third kappa shape index (κ3) is 1.96. The van der Waals surface area contributed by atoms with Crippen LogP contribution in [0.2, 0.25) is 0 Å². The van der Waals surface area contributed by atoms with E-state index in [1.807, 2.05) is 0 Å². The minimum atomic E-state index is -0.536. The Morgan fingerprint density at radius 2 is 1.91 bits per heavy atom. The second kappa shape index (κ2) is 4.95. The molecule has 114 valence electrons. The summed E-state index contributed by atoms with van der Waals surface area (Å²) in [7, 11) is 0. The SMILES string of the molecule is O=C1C2CC[NH+](CC2)[C@H]1Cc1c(O)c2ccccc2oc1=O. The van der Waals surface area contributed by atoms with Gasteiger partial charge >= 0.3 is 5.63 Å². The molecule has 3 fully saturated rings. The summed E-state index contributed by atoms with van der Waals surface area (Å²) in [6.45, 7) is 1.95. The Balaban J connectivity index is 1.76. The van der Waals surface area contributed by atoms with Gasteiger partial charge in [0.05, 0.1) is 24.0 Å². The van der Waals surface area contributed by atoms with E-state index < -0.39 is 5.63 Å². The quantitative estimate of drug-likeness (QED) is 0.782. The maximum absolute atomic E-state index is 12.4. The normalized spacial score (nSPS) is 27.5. The first-order valence-corrected chi connectivity index (χ1v) is 7.77. The average Bonchev–Trinajstić information content (AvgIpc) is 2.54. The molecule has 5 rings (SSSR count). The molecule has 5 heteroatoms. The molecule has 1 atom stereocenters. The molecular weight excluding hydrogens is 282 g/mol. The van der Waals surface area contributed by atoms with Gasteiger partial charge in [-0.1, -0.05) is 12.1 Å². The molecule has 5 nitrogen and oxygen atoms in total. The van der Waals surface area contributed by atoms with E-state index >= 15 is 0 Å². The molecule has 2 bridgehead atoms. The predicted molar refractivity (Wildman–Crippen MR) is 80.1 cm³/mol. The Labute approximate surface area is 127 Å². The van der Waals surface area contributed by atoms with E-state index in [1.54, 1.807) is 24.3 Å². The van der Waals surface area contributed by atoms with Crippen LogP contribution < -0.4 is 10.5 Å². The Morgan fingerprint density at radius 3 is 2.64 bits per heavy atom. The number of Topliss-reactive ketones (excluding diaryl/α,β-unsaturated/α-hetero) is 1. The molecule has 0 aliphatic carbocycles. The van der Waals surface area contributed by atoms with Crippen LogP contribution in [0.25, 0.3) is 11.0 Å². The molecule has 3 aliphatic rings. The van der Waals surface area contributed by atoms with Crippen molar-refractivity contribution in [2.24, 2.45) is 5.92 Å². The molecular formula is C17H18NO4+. The zero-order chi connectivity index (χ0) is 15.3. The van der Waals surface area contributed by atoms with Gasteiger partial charge in [0, 0.05) is 25.2 Å². The fraction of sp³-hybridized carbons (Fsp3) is 0.412. The standard InChI is InChI=1S/C17H17NO4/c19-15-10-5-7-18(8-6-10)13(15)9-12-16(20)11-3-1-2-4-14(11)22-17(12)21/h1-4,10,13,20H,5-9H2/p+1/t13-/m0/s1. The molecule has 0 radical (unpaired) electrons. The number of ketones is 1. The number of aromatic hydroxyl groups is 1. The lowest BCUT2D eigenvalue weighted by molar-refractivity contribution is -0.927. The van der Waals surface area contributed by atoms with E-state index in [2.05, 4.69) is 0 Å². The van der Waals surface area contributed by atoms with E-state index in [-0.39, 0.29) is 35.5 Å². The molecule has 2 N–H and O–H groups in total. The van der Waals surface area contributed by atoms with Crippen LogP contribution in [0.1, 0.15) is 18.4 Å². The number of rotatable bonds is 2. The summed E-state index contributed by atoms with van der Waals surface area (Å²) < 4.78 is 5.29. The third-order valence-electron chi connectivity index (χ3n) is 5.15. The molecule has 1 aromatic carbocycles. The summed E-state index contributed by atoms with van der Waals surface area (Å²) in [4.78, 5) is 25.9. The van der Waals surface area contributed by atoms with Gasteiger partial charge < -0.3 is 14.4 Å². The van der Waals surface area contributed by atoms with E-state index in [1.165, 1.54) is 4.90 Å². The smallest absolute Gasteiger partial charge is 0.343 e. The van der Waals surface area contributed by atoms with Gasteiger partial charge in [0.25, 0.3) is 0 Å². The molecule has 3 saturated heterocycles. The third-order valence-corrected chi connectivity index (χ3v) is 5.15. The summed E-state index contributed by atoms with van der Waals surface area (Å²) in [5.74, 6) is 0.332. The monoisotopic (exact) mass is 300 g/mol. The summed E-state index contributed by atoms with van der Waals surface area (Å²) in [5.41, 5.74) is 0.0704. The van der Waals surface area contributed by atoms with Crippen molar-refractivity contribution in [2.75, 3.05) is 13.1 Å².